The maximum Gasteiger partial charge on any atom is 0.303 e. The lowest BCUT2D eigenvalue weighted by Gasteiger charge is -2.20. The standard InChI is InChI=1S/C22H27NO4/c1-16(18-9-6-10-20(15-18)27-2)13-21(24)23-19(11-12-22(25)26)14-17-7-4-3-5-8-17/h3-10,15-16,19H,11-14H2,1-2H3,(H,23,24)(H,25,26). The number of carboxylic acid groups (broad SMARTS) is 1. The fourth-order valence-corrected chi connectivity index (χ4v) is 3.05. The van der Waals surface area contributed by atoms with Crippen LogP contribution in [0, 0.1) is 0 Å². The van der Waals surface area contributed by atoms with Crippen LogP contribution in [0.25, 0.3) is 0 Å². The average Bonchev–Trinajstić information content (AvgIpc) is 2.66. The van der Waals surface area contributed by atoms with Crippen LogP contribution in [0.4, 0.5) is 0 Å². The van der Waals surface area contributed by atoms with Gasteiger partial charge in [0.1, 0.15) is 5.75 Å². The van der Waals surface area contributed by atoms with E-state index in [4.69, 9.17) is 9.84 Å². The van der Waals surface area contributed by atoms with Gasteiger partial charge >= 0.3 is 5.97 Å². The van der Waals surface area contributed by atoms with Gasteiger partial charge in [0, 0.05) is 18.9 Å². The van der Waals surface area contributed by atoms with Crippen LogP contribution in [0.2, 0.25) is 0 Å². The molecule has 5 heteroatoms. The topological polar surface area (TPSA) is 75.6 Å². The Morgan fingerprint density at radius 2 is 1.85 bits per heavy atom. The van der Waals surface area contributed by atoms with Gasteiger partial charge in [-0.2, -0.15) is 0 Å². The van der Waals surface area contributed by atoms with Crippen molar-refractivity contribution in [3.8, 4) is 5.75 Å². The second-order valence-electron chi connectivity index (χ2n) is 6.77. The molecule has 2 aromatic rings. The SMILES string of the molecule is COc1cccc(C(C)CC(=O)NC(CCC(=O)O)Cc2ccccc2)c1. The maximum atomic E-state index is 12.5. The second-order valence-corrected chi connectivity index (χ2v) is 6.77. The van der Waals surface area contributed by atoms with Gasteiger partial charge in [-0.25, -0.2) is 0 Å². The predicted octanol–water partition coefficient (Wildman–Crippen LogP) is 3.78. The second kappa shape index (κ2) is 10.4. The van der Waals surface area contributed by atoms with E-state index in [1.165, 1.54) is 0 Å². The number of aliphatic carboxylic acids is 1. The van der Waals surface area contributed by atoms with Crippen LogP contribution in [0.3, 0.4) is 0 Å². The number of nitrogens with one attached hydrogen (secondary N) is 1. The molecule has 0 radical (unpaired) electrons. The fourth-order valence-electron chi connectivity index (χ4n) is 3.05. The molecule has 2 aromatic carbocycles. The Kier molecular flexibility index (Phi) is 7.86. The van der Waals surface area contributed by atoms with E-state index < -0.39 is 5.97 Å². The summed E-state index contributed by atoms with van der Waals surface area (Å²) >= 11 is 0. The maximum absolute atomic E-state index is 12.5. The number of carbonyl (C=O) groups is 2. The quantitative estimate of drug-likeness (QED) is 0.668. The molecule has 2 atom stereocenters. The molecule has 2 rings (SSSR count). The summed E-state index contributed by atoms with van der Waals surface area (Å²) in [6.07, 6.45) is 1.39. The number of carboxylic acids is 1. The van der Waals surface area contributed by atoms with Crippen molar-refractivity contribution >= 4 is 11.9 Å². The molecule has 2 unspecified atom stereocenters. The number of carbonyl (C=O) groups excluding carboxylic acids is 1. The average molecular weight is 369 g/mol. The number of ether oxygens (including phenoxy) is 1. The van der Waals surface area contributed by atoms with E-state index in [1.807, 2.05) is 61.5 Å². The lowest BCUT2D eigenvalue weighted by Crippen LogP contribution is -2.37. The third-order valence-corrected chi connectivity index (χ3v) is 4.55. The summed E-state index contributed by atoms with van der Waals surface area (Å²) in [6, 6.07) is 17.3. The molecule has 0 aromatic heterocycles. The van der Waals surface area contributed by atoms with Gasteiger partial charge in [-0.1, -0.05) is 49.4 Å². The molecule has 0 aliphatic rings. The fraction of sp³-hybridized carbons (Fsp3) is 0.364. The van der Waals surface area contributed by atoms with Gasteiger partial charge in [0.2, 0.25) is 5.91 Å². The summed E-state index contributed by atoms with van der Waals surface area (Å²) in [5.41, 5.74) is 2.11. The molecule has 2 N–H and O–H groups in total. The van der Waals surface area contributed by atoms with Gasteiger partial charge in [0.25, 0.3) is 0 Å². The molecule has 27 heavy (non-hydrogen) atoms. The highest BCUT2D eigenvalue weighted by atomic mass is 16.5. The monoisotopic (exact) mass is 369 g/mol. The number of amides is 1. The summed E-state index contributed by atoms with van der Waals surface area (Å²) in [7, 11) is 1.62. The van der Waals surface area contributed by atoms with Crippen molar-refractivity contribution in [2.45, 2.75) is 44.6 Å². The first-order valence-electron chi connectivity index (χ1n) is 9.17. The van der Waals surface area contributed by atoms with Gasteiger partial charge < -0.3 is 15.2 Å². The van der Waals surface area contributed by atoms with E-state index in [9.17, 15) is 9.59 Å². The van der Waals surface area contributed by atoms with Crippen molar-refractivity contribution in [2.75, 3.05) is 7.11 Å². The predicted molar refractivity (Wildman–Crippen MR) is 105 cm³/mol. The van der Waals surface area contributed by atoms with Crippen LogP contribution in [0.1, 0.15) is 43.2 Å². The summed E-state index contributed by atoms with van der Waals surface area (Å²) < 4.78 is 5.24. The third-order valence-electron chi connectivity index (χ3n) is 4.55. The highest BCUT2D eigenvalue weighted by Gasteiger charge is 2.17. The van der Waals surface area contributed by atoms with Crippen molar-refractivity contribution in [3.63, 3.8) is 0 Å². The smallest absolute Gasteiger partial charge is 0.303 e. The minimum atomic E-state index is -0.855. The van der Waals surface area contributed by atoms with Crippen LogP contribution in [0.15, 0.2) is 54.6 Å². The molecule has 0 fully saturated rings. The highest BCUT2D eigenvalue weighted by molar-refractivity contribution is 5.77. The zero-order valence-electron chi connectivity index (χ0n) is 15.9. The van der Waals surface area contributed by atoms with Crippen molar-refractivity contribution in [3.05, 3.63) is 65.7 Å². The third kappa shape index (κ3) is 7.13. The van der Waals surface area contributed by atoms with Gasteiger partial charge in [-0.15, -0.1) is 0 Å². The van der Waals surface area contributed by atoms with Crippen LogP contribution in [-0.2, 0) is 16.0 Å². The molecule has 0 bridgehead atoms. The van der Waals surface area contributed by atoms with E-state index in [1.54, 1.807) is 7.11 Å². The highest BCUT2D eigenvalue weighted by Crippen LogP contribution is 2.23. The van der Waals surface area contributed by atoms with Crippen LogP contribution in [-0.4, -0.2) is 30.1 Å². The Labute approximate surface area is 160 Å². The molecule has 0 heterocycles. The number of hydrogen-bond acceptors (Lipinski definition) is 3. The molecular formula is C22H27NO4. The van der Waals surface area contributed by atoms with Crippen LogP contribution in [0.5, 0.6) is 5.75 Å². The zero-order chi connectivity index (χ0) is 19.6. The Hall–Kier alpha value is -2.82. The Morgan fingerprint density at radius 1 is 1.11 bits per heavy atom. The van der Waals surface area contributed by atoms with Gasteiger partial charge in [-0.05, 0) is 42.0 Å². The zero-order valence-corrected chi connectivity index (χ0v) is 15.9. The number of benzene rings is 2. The summed E-state index contributed by atoms with van der Waals surface area (Å²) in [5, 5.41) is 12.0. The van der Waals surface area contributed by atoms with Crippen molar-refractivity contribution in [1.29, 1.82) is 0 Å². The lowest BCUT2D eigenvalue weighted by atomic mass is 9.96. The molecule has 0 saturated carbocycles. The lowest BCUT2D eigenvalue weighted by molar-refractivity contribution is -0.137. The van der Waals surface area contributed by atoms with E-state index in [0.29, 0.717) is 19.3 Å². The normalized spacial score (nSPS) is 12.8. The summed E-state index contributed by atoms with van der Waals surface area (Å²) in [4.78, 5) is 23.5. The Morgan fingerprint density at radius 3 is 2.52 bits per heavy atom. The molecule has 5 nitrogen and oxygen atoms in total. The van der Waals surface area contributed by atoms with Crippen molar-refractivity contribution in [1.82, 2.24) is 5.32 Å². The first-order valence-corrected chi connectivity index (χ1v) is 9.17. The van der Waals surface area contributed by atoms with E-state index in [-0.39, 0.29) is 24.3 Å². The first kappa shape index (κ1) is 20.5. The minimum Gasteiger partial charge on any atom is -0.497 e. The largest absolute Gasteiger partial charge is 0.497 e. The molecule has 0 aliphatic heterocycles. The van der Waals surface area contributed by atoms with Gasteiger partial charge in [0.15, 0.2) is 0 Å². The number of rotatable bonds is 10. The van der Waals surface area contributed by atoms with E-state index >= 15 is 0 Å². The van der Waals surface area contributed by atoms with Crippen LogP contribution >= 0.6 is 0 Å². The number of hydrogen-bond donors (Lipinski definition) is 2. The molecule has 144 valence electrons. The van der Waals surface area contributed by atoms with Gasteiger partial charge in [0.05, 0.1) is 7.11 Å². The molecule has 0 spiro atoms. The van der Waals surface area contributed by atoms with E-state index in [0.717, 1.165) is 16.9 Å². The molecule has 0 aliphatic carbocycles. The van der Waals surface area contributed by atoms with Gasteiger partial charge in [-0.3, -0.25) is 9.59 Å². The minimum absolute atomic E-state index is 0.0310. The van der Waals surface area contributed by atoms with Crippen molar-refractivity contribution in [2.24, 2.45) is 0 Å². The first-order chi connectivity index (χ1) is 13.0. The van der Waals surface area contributed by atoms with Crippen molar-refractivity contribution < 1.29 is 19.4 Å². The molecular weight excluding hydrogens is 342 g/mol. The Balaban J connectivity index is 1.97. The molecule has 1 amide bonds. The number of methoxy groups -OCH3 is 1. The van der Waals surface area contributed by atoms with E-state index in [2.05, 4.69) is 5.32 Å². The Bertz CT molecular complexity index is 745. The van der Waals surface area contributed by atoms with Crippen LogP contribution < -0.4 is 10.1 Å². The summed E-state index contributed by atoms with van der Waals surface area (Å²) in [5.74, 6) is -0.121. The summed E-state index contributed by atoms with van der Waals surface area (Å²) in [6.45, 7) is 2.00. The molecule has 0 saturated heterocycles.